The second-order valence-electron chi connectivity index (χ2n) is 8.05. The summed E-state index contributed by atoms with van der Waals surface area (Å²) in [6, 6.07) is 19.2. The third-order valence-corrected chi connectivity index (χ3v) is 5.89. The maximum Gasteiger partial charge on any atom is 0.212 e. The van der Waals surface area contributed by atoms with Crippen LogP contribution in [0.4, 0.5) is 5.69 Å². The molecule has 162 valence electrons. The minimum absolute atomic E-state index is 0.592. The molecule has 4 heteroatoms. The molecule has 3 aromatic rings. The summed E-state index contributed by atoms with van der Waals surface area (Å²) >= 11 is 0. The van der Waals surface area contributed by atoms with Gasteiger partial charge < -0.3 is 15.5 Å². The van der Waals surface area contributed by atoms with Crippen molar-refractivity contribution in [1.29, 1.82) is 0 Å². The molecule has 0 saturated carbocycles. The molecule has 1 aliphatic rings. The molecule has 1 aromatic heterocycles. The van der Waals surface area contributed by atoms with E-state index in [4.69, 9.17) is 5.73 Å². The summed E-state index contributed by atoms with van der Waals surface area (Å²) in [6.07, 6.45) is 10.6. The van der Waals surface area contributed by atoms with Crippen molar-refractivity contribution in [2.75, 3.05) is 31.1 Å². The minimum atomic E-state index is 0.592. The Morgan fingerprint density at radius 2 is 1.91 bits per heavy atom. The Hall–Kier alpha value is -3.63. The Morgan fingerprint density at radius 3 is 2.72 bits per heavy atom. The van der Waals surface area contributed by atoms with Gasteiger partial charge in [0.1, 0.15) is 7.05 Å². The molecular weight excluding hydrogens is 392 g/mol. The third-order valence-electron chi connectivity index (χ3n) is 5.89. The number of benzene rings is 2. The maximum absolute atomic E-state index is 5.79. The van der Waals surface area contributed by atoms with E-state index in [1.54, 1.807) is 0 Å². The van der Waals surface area contributed by atoms with Gasteiger partial charge in [-0.05, 0) is 35.4 Å². The van der Waals surface area contributed by atoms with Gasteiger partial charge in [0, 0.05) is 54.9 Å². The molecule has 0 radical (unpaired) electrons. The Bertz CT molecular complexity index is 1210. The normalized spacial score (nSPS) is 13.9. The van der Waals surface area contributed by atoms with E-state index < -0.39 is 0 Å². The van der Waals surface area contributed by atoms with Gasteiger partial charge in [-0.2, -0.15) is 0 Å². The van der Waals surface area contributed by atoms with E-state index in [1.165, 1.54) is 33.3 Å². The second-order valence-corrected chi connectivity index (χ2v) is 8.05. The lowest BCUT2D eigenvalue weighted by Crippen LogP contribution is -2.34. The molecule has 0 fully saturated rings. The number of aryl methyl sites for hydroxylation is 1. The highest BCUT2D eigenvalue weighted by molar-refractivity contribution is 5.99. The summed E-state index contributed by atoms with van der Waals surface area (Å²) in [4.78, 5) is 4.44. The van der Waals surface area contributed by atoms with Crippen molar-refractivity contribution < 1.29 is 4.57 Å². The lowest BCUT2D eigenvalue weighted by Gasteiger charge is -2.32. The van der Waals surface area contributed by atoms with Gasteiger partial charge in [-0.15, -0.1) is 6.58 Å². The standard InChI is InChI=1S/C28H31N4/c1-4-16-31(19-15-29)22(2)21-32-18-14-24(26-10-6-8-12-28(26)32)20-23-13-17-30(3)27-11-7-5-9-25(23)27/h4-14,17-18,20H,1-2,15-16,19,21,29H2,3H3/q+1. The average molecular weight is 424 g/mol. The zero-order valence-corrected chi connectivity index (χ0v) is 18.7. The molecule has 0 spiro atoms. The minimum Gasteiger partial charge on any atom is -0.369 e. The van der Waals surface area contributed by atoms with Gasteiger partial charge in [0.25, 0.3) is 0 Å². The molecule has 0 amide bonds. The number of pyridine rings is 1. The van der Waals surface area contributed by atoms with Crippen molar-refractivity contribution in [3.63, 3.8) is 0 Å². The van der Waals surface area contributed by atoms with Crippen molar-refractivity contribution >= 4 is 28.2 Å². The number of anilines is 1. The van der Waals surface area contributed by atoms with Crippen LogP contribution in [-0.2, 0) is 7.05 Å². The summed E-state index contributed by atoms with van der Waals surface area (Å²) in [5.41, 5.74) is 12.9. The average Bonchev–Trinajstić information content (AvgIpc) is 2.82. The first kappa shape index (κ1) is 21.6. The zero-order chi connectivity index (χ0) is 22.5. The fraction of sp³-hybridized carbons (Fsp3) is 0.179. The molecule has 2 N–H and O–H groups in total. The van der Waals surface area contributed by atoms with Gasteiger partial charge in [0.15, 0.2) is 6.20 Å². The Balaban J connectivity index is 1.68. The van der Waals surface area contributed by atoms with Crippen LogP contribution in [-0.4, -0.2) is 31.1 Å². The molecule has 0 aliphatic carbocycles. The number of hydrogen-bond acceptors (Lipinski definition) is 3. The van der Waals surface area contributed by atoms with Crippen LogP contribution in [0.5, 0.6) is 0 Å². The van der Waals surface area contributed by atoms with Crippen LogP contribution in [0.25, 0.3) is 22.6 Å². The number of rotatable bonds is 8. The van der Waals surface area contributed by atoms with Crippen LogP contribution in [0.3, 0.4) is 0 Å². The lowest BCUT2D eigenvalue weighted by molar-refractivity contribution is -0.644. The molecule has 4 nitrogen and oxygen atoms in total. The van der Waals surface area contributed by atoms with E-state index in [0.29, 0.717) is 13.1 Å². The van der Waals surface area contributed by atoms with E-state index >= 15 is 0 Å². The number of aromatic nitrogens is 1. The van der Waals surface area contributed by atoms with Crippen LogP contribution in [0.1, 0.15) is 11.1 Å². The smallest absolute Gasteiger partial charge is 0.212 e. The summed E-state index contributed by atoms with van der Waals surface area (Å²) < 4.78 is 2.16. The first-order chi connectivity index (χ1) is 15.6. The Kier molecular flexibility index (Phi) is 6.52. The molecule has 0 saturated heterocycles. The molecule has 2 heterocycles. The fourth-order valence-corrected chi connectivity index (χ4v) is 4.24. The SMILES string of the molecule is C=CCN(CCN)C(=C)CN1C=C/C(=C\c2cc[n+](C)c3ccccc23)c2ccccc21. The van der Waals surface area contributed by atoms with Crippen molar-refractivity contribution in [1.82, 2.24) is 4.90 Å². The largest absolute Gasteiger partial charge is 0.369 e. The van der Waals surface area contributed by atoms with Crippen molar-refractivity contribution in [3.8, 4) is 0 Å². The number of allylic oxidation sites excluding steroid dienone is 2. The Labute approximate surface area is 190 Å². The number of fused-ring (bicyclic) bond motifs is 2. The molecule has 2 aromatic carbocycles. The van der Waals surface area contributed by atoms with Gasteiger partial charge in [-0.1, -0.05) is 43.0 Å². The van der Waals surface area contributed by atoms with E-state index in [9.17, 15) is 0 Å². The third kappa shape index (κ3) is 4.36. The molecule has 0 atom stereocenters. The van der Waals surface area contributed by atoms with Gasteiger partial charge in [-0.3, -0.25) is 0 Å². The number of nitrogens with zero attached hydrogens (tertiary/aromatic N) is 3. The second kappa shape index (κ2) is 9.67. The van der Waals surface area contributed by atoms with Crippen molar-refractivity contribution in [2.24, 2.45) is 12.8 Å². The highest BCUT2D eigenvalue weighted by Crippen LogP contribution is 2.35. The maximum atomic E-state index is 5.79. The fourth-order valence-electron chi connectivity index (χ4n) is 4.24. The van der Waals surface area contributed by atoms with E-state index in [1.807, 2.05) is 6.08 Å². The molecule has 0 unspecified atom stereocenters. The van der Waals surface area contributed by atoms with E-state index in [2.05, 4.69) is 114 Å². The summed E-state index contributed by atoms with van der Waals surface area (Å²) in [6.45, 7) is 11.0. The number of para-hydroxylation sites is 2. The predicted molar refractivity (Wildman–Crippen MR) is 136 cm³/mol. The number of nitrogens with two attached hydrogens (primary N) is 1. The quantitative estimate of drug-likeness (QED) is 0.428. The molecule has 4 rings (SSSR count). The topological polar surface area (TPSA) is 36.4 Å². The highest BCUT2D eigenvalue weighted by Gasteiger charge is 2.19. The molecular formula is C28H31N4+. The molecule has 32 heavy (non-hydrogen) atoms. The van der Waals surface area contributed by atoms with E-state index in [0.717, 1.165) is 18.8 Å². The van der Waals surface area contributed by atoms with Crippen LogP contribution in [0.2, 0.25) is 0 Å². The predicted octanol–water partition coefficient (Wildman–Crippen LogP) is 4.50. The van der Waals surface area contributed by atoms with Crippen LogP contribution in [0, 0.1) is 0 Å². The van der Waals surface area contributed by atoms with Gasteiger partial charge >= 0.3 is 0 Å². The first-order valence-electron chi connectivity index (χ1n) is 11.0. The van der Waals surface area contributed by atoms with E-state index in [-0.39, 0.29) is 0 Å². The Morgan fingerprint density at radius 1 is 1.12 bits per heavy atom. The summed E-state index contributed by atoms with van der Waals surface area (Å²) in [7, 11) is 2.08. The van der Waals surface area contributed by atoms with Crippen molar-refractivity contribution in [2.45, 2.75) is 0 Å². The summed E-state index contributed by atoms with van der Waals surface area (Å²) in [5.74, 6) is 0. The monoisotopic (exact) mass is 423 g/mol. The van der Waals surface area contributed by atoms with Crippen LogP contribution < -0.4 is 15.2 Å². The molecule has 0 bridgehead atoms. The van der Waals surface area contributed by atoms with Crippen LogP contribution in [0.15, 0.2) is 98.0 Å². The van der Waals surface area contributed by atoms with Crippen LogP contribution >= 0.6 is 0 Å². The van der Waals surface area contributed by atoms with Gasteiger partial charge in [0.2, 0.25) is 5.52 Å². The zero-order valence-electron chi connectivity index (χ0n) is 18.7. The summed E-state index contributed by atoms with van der Waals surface area (Å²) in [5, 5.41) is 1.24. The van der Waals surface area contributed by atoms with Gasteiger partial charge in [0.05, 0.1) is 11.9 Å². The van der Waals surface area contributed by atoms with Gasteiger partial charge in [-0.25, -0.2) is 4.57 Å². The lowest BCUT2D eigenvalue weighted by atomic mass is 9.96. The first-order valence-corrected chi connectivity index (χ1v) is 11.0. The highest BCUT2D eigenvalue weighted by atomic mass is 15.2. The van der Waals surface area contributed by atoms with Crippen molar-refractivity contribution in [3.05, 3.63) is 109 Å². The number of hydrogen-bond donors (Lipinski definition) is 1. The molecule has 1 aliphatic heterocycles.